The maximum absolute atomic E-state index is 12.3. The van der Waals surface area contributed by atoms with Crippen LogP contribution in [-0.4, -0.2) is 26.8 Å². The molecule has 0 radical (unpaired) electrons. The van der Waals surface area contributed by atoms with Gasteiger partial charge in [0.15, 0.2) is 0 Å². The number of nitrogens with one attached hydrogen (secondary N) is 1. The molecule has 1 fully saturated rings. The lowest BCUT2D eigenvalue weighted by molar-refractivity contribution is 0.587. The van der Waals surface area contributed by atoms with Gasteiger partial charge in [0.05, 0.1) is 17.1 Å². The first kappa shape index (κ1) is 10.9. The molecule has 0 atom stereocenters. The first-order chi connectivity index (χ1) is 8.18. The fourth-order valence-corrected chi connectivity index (χ4v) is 4.10. The molecule has 1 aliphatic heterocycles. The molecular weight excluding hydrogens is 236 g/mol. The SMILES string of the molecule is O=S1(=O)CCCNc2ccccc2N1C1CC1. The van der Waals surface area contributed by atoms with Crippen LogP contribution in [0.5, 0.6) is 0 Å². The van der Waals surface area contributed by atoms with E-state index in [0.29, 0.717) is 6.42 Å². The van der Waals surface area contributed by atoms with Crippen LogP contribution in [0.2, 0.25) is 0 Å². The van der Waals surface area contributed by atoms with Gasteiger partial charge < -0.3 is 5.32 Å². The fourth-order valence-electron chi connectivity index (χ4n) is 2.27. The molecule has 1 aromatic carbocycles. The third kappa shape index (κ3) is 1.99. The van der Waals surface area contributed by atoms with Gasteiger partial charge in [-0.25, -0.2) is 8.42 Å². The summed E-state index contributed by atoms with van der Waals surface area (Å²) < 4.78 is 26.2. The molecule has 5 heteroatoms. The van der Waals surface area contributed by atoms with Gasteiger partial charge in [0.25, 0.3) is 0 Å². The molecule has 2 aliphatic rings. The van der Waals surface area contributed by atoms with Crippen LogP contribution in [0.1, 0.15) is 19.3 Å². The van der Waals surface area contributed by atoms with E-state index in [1.54, 1.807) is 4.31 Å². The minimum Gasteiger partial charge on any atom is -0.383 e. The second-order valence-electron chi connectivity index (χ2n) is 4.64. The lowest BCUT2D eigenvalue weighted by atomic mass is 10.2. The van der Waals surface area contributed by atoms with Crippen molar-refractivity contribution in [1.29, 1.82) is 0 Å². The highest BCUT2D eigenvalue weighted by Crippen LogP contribution is 2.39. The average Bonchev–Trinajstić information content (AvgIpc) is 3.08. The highest BCUT2D eigenvalue weighted by Gasteiger charge is 2.38. The van der Waals surface area contributed by atoms with Crippen molar-refractivity contribution in [2.75, 3.05) is 21.9 Å². The largest absolute Gasteiger partial charge is 0.383 e. The summed E-state index contributed by atoms with van der Waals surface area (Å²) in [4.78, 5) is 0. The third-order valence-electron chi connectivity index (χ3n) is 3.21. The Hall–Kier alpha value is -1.23. The summed E-state index contributed by atoms with van der Waals surface area (Å²) in [7, 11) is -3.14. The fraction of sp³-hybridized carbons (Fsp3) is 0.500. The van der Waals surface area contributed by atoms with Gasteiger partial charge in [0.2, 0.25) is 10.0 Å². The van der Waals surface area contributed by atoms with E-state index in [0.717, 1.165) is 30.8 Å². The van der Waals surface area contributed by atoms with Crippen LogP contribution in [0, 0.1) is 0 Å². The van der Waals surface area contributed by atoms with Crippen LogP contribution in [-0.2, 0) is 10.0 Å². The van der Waals surface area contributed by atoms with Crippen molar-refractivity contribution >= 4 is 21.4 Å². The van der Waals surface area contributed by atoms with Gasteiger partial charge in [-0.05, 0) is 31.4 Å². The van der Waals surface area contributed by atoms with Gasteiger partial charge in [-0.2, -0.15) is 0 Å². The van der Waals surface area contributed by atoms with Crippen molar-refractivity contribution < 1.29 is 8.42 Å². The predicted octanol–water partition coefficient (Wildman–Crippen LogP) is 1.80. The van der Waals surface area contributed by atoms with Crippen LogP contribution < -0.4 is 9.62 Å². The maximum Gasteiger partial charge on any atom is 0.235 e. The van der Waals surface area contributed by atoms with E-state index in [1.807, 2.05) is 24.3 Å². The molecule has 0 unspecified atom stereocenters. The van der Waals surface area contributed by atoms with Crippen LogP contribution >= 0.6 is 0 Å². The molecule has 17 heavy (non-hydrogen) atoms. The van der Waals surface area contributed by atoms with Gasteiger partial charge in [-0.3, -0.25) is 4.31 Å². The number of para-hydroxylation sites is 2. The molecule has 1 N–H and O–H groups in total. The van der Waals surface area contributed by atoms with Crippen molar-refractivity contribution in [2.24, 2.45) is 0 Å². The van der Waals surface area contributed by atoms with E-state index in [1.165, 1.54) is 0 Å². The summed E-state index contributed by atoms with van der Waals surface area (Å²) in [6, 6.07) is 7.86. The molecule has 1 aliphatic carbocycles. The minimum atomic E-state index is -3.14. The van der Waals surface area contributed by atoms with E-state index in [2.05, 4.69) is 5.32 Å². The topological polar surface area (TPSA) is 49.4 Å². The van der Waals surface area contributed by atoms with E-state index in [4.69, 9.17) is 0 Å². The van der Waals surface area contributed by atoms with Gasteiger partial charge in [0, 0.05) is 12.6 Å². The number of benzene rings is 1. The molecule has 1 heterocycles. The Bertz CT molecular complexity index is 523. The monoisotopic (exact) mass is 252 g/mol. The molecule has 0 amide bonds. The number of hydrogen-bond donors (Lipinski definition) is 1. The molecule has 0 spiro atoms. The van der Waals surface area contributed by atoms with Crippen LogP contribution in [0.3, 0.4) is 0 Å². The van der Waals surface area contributed by atoms with Gasteiger partial charge in [0.1, 0.15) is 0 Å². The summed E-state index contributed by atoms with van der Waals surface area (Å²) in [6.45, 7) is 0.717. The number of nitrogens with zero attached hydrogens (tertiary/aromatic N) is 1. The van der Waals surface area contributed by atoms with Crippen molar-refractivity contribution in [2.45, 2.75) is 25.3 Å². The first-order valence-electron chi connectivity index (χ1n) is 6.03. The zero-order chi connectivity index (χ0) is 11.9. The number of anilines is 2. The minimum absolute atomic E-state index is 0.182. The van der Waals surface area contributed by atoms with E-state index in [-0.39, 0.29) is 11.8 Å². The van der Waals surface area contributed by atoms with Crippen molar-refractivity contribution in [3.63, 3.8) is 0 Å². The molecule has 0 saturated heterocycles. The Morgan fingerprint density at radius 3 is 2.76 bits per heavy atom. The molecule has 3 rings (SSSR count). The molecule has 0 bridgehead atoms. The van der Waals surface area contributed by atoms with Gasteiger partial charge >= 0.3 is 0 Å². The van der Waals surface area contributed by atoms with Crippen LogP contribution in [0.4, 0.5) is 11.4 Å². The predicted molar refractivity (Wildman–Crippen MR) is 68.8 cm³/mol. The first-order valence-corrected chi connectivity index (χ1v) is 7.64. The van der Waals surface area contributed by atoms with Gasteiger partial charge in [-0.15, -0.1) is 0 Å². The standard InChI is InChI=1S/C12H16N2O2S/c15-17(16)9-3-8-13-11-4-1-2-5-12(11)14(17)10-6-7-10/h1-2,4-5,10,13H,3,6-9H2. The maximum atomic E-state index is 12.3. The van der Waals surface area contributed by atoms with E-state index >= 15 is 0 Å². The summed E-state index contributed by atoms with van der Waals surface area (Å²) in [5.41, 5.74) is 1.75. The second kappa shape index (κ2) is 3.91. The van der Waals surface area contributed by atoms with Gasteiger partial charge in [-0.1, -0.05) is 12.1 Å². The van der Waals surface area contributed by atoms with E-state index in [9.17, 15) is 8.42 Å². The smallest absolute Gasteiger partial charge is 0.235 e. The molecule has 0 aromatic heterocycles. The Balaban J connectivity index is 2.12. The summed E-state index contributed by atoms with van der Waals surface area (Å²) in [5, 5.41) is 3.31. The summed E-state index contributed by atoms with van der Waals surface area (Å²) in [6.07, 6.45) is 2.63. The Morgan fingerprint density at radius 2 is 2.00 bits per heavy atom. The third-order valence-corrected chi connectivity index (χ3v) is 5.11. The summed E-state index contributed by atoms with van der Waals surface area (Å²) >= 11 is 0. The van der Waals surface area contributed by atoms with Crippen molar-refractivity contribution in [3.05, 3.63) is 24.3 Å². The zero-order valence-electron chi connectivity index (χ0n) is 9.59. The zero-order valence-corrected chi connectivity index (χ0v) is 10.4. The Labute approximate surface area is 102 Å². The summed E-state index contributed by atoms with van der Waals surface area (Å²) in [5.74, 6) is 0.241. The lowest BCUT2D eigenvalue weighted by Gasteiger charge is -2.29. The average molecular weight is 252 g/mol. The van der Waals surface area contributed by atoms with Crippen LogP contribution in [0.25, 0.3) is 0 Å². The number of hydrogen-bond acceptors (Lipinski definition) is 3. The van der Waals surface area contributed by atoms with Crippen molar-refractivity contribution in [3.8, 4) is 0 Å². The van der Waals surface area contributed by atoms with Crippen molar-refractivity contribution in [1.82, 2.24) is 0 Å². The molecule has 1 aromatic rings. The molecule has 1 saturated carbocycles. The number of fused-ring (bicyclic) bond motifs is 1. The molecule has 4 nitrogen and oxygen atoms in total. The normalized spacial score (nSPS) is 23.2. The number of sulfonamides is 1. The second-order valence-corrected chi connectivity index (χ2v) is 6.61. The Kier molecular flexibility index (Phi) is 2.50. The lowest BCUT2D eigenvalue weighted by Crippen LogP contribution is -2.37. The quantitative estimate of drug-likeness (QED) is 0.829. The highest BCUT2D eigenvalue weighted by atomic mass is 32.2. The van der Waals surface area contributed by atoms with Crippen LogP contribution in [0.15, 0.2) is 24.3 Å². The van der Waals surface area contributed by atoms with E-state index < -0.39 is 10.0 Å². The highest BCUT2D eigenvalue weighted by molar-refractivity contribution is 7.92. The Morgan fingerprint density at radius 1 is 1.24 bits per heavy atom. The molecule has 92 valence electrons. The number of rotatable bonds is 1. The molecular formula is C12H16N2O2S.